The van der Waals surface area contributed by atoms with Crippen LogP contribution in [-0.4, -0.2) is 32.4 Å². The summed E-state index contributed by atoms with van der Waals surface area (Å²) in [5.74, 6) is 0.299. The largest absolute Gasteiger partial charge is 0.325 e. The summed E-state index contributed by atoms with van der Waals surface area (Å²) >= 11 is 1.57. The van der Waals surface area contributed by atoms with Crippen LogP contribution in [0.25, 0.3) is 11.1 Å². The lowest BCUT2D eigenvalue weighted by atomic mass is 10.1. The van der Waals surface area contributed by atoms with Crippen molar-refractivity contribution in [1.82, 2.24) is 4.72 Å². The third-order valence-electron chi connectivity index (χ3n) is 5.62. The summed E-state index contributed by atoms with van der Waals surface area (Å²) < 4.78 is 28.3. The van der Waals surface area contributed by atoms with Gasteiger partial charge in [-0.3, -0.25) is 4.79 Å². The van der Waals surface area contributed by atoms with Gasteiger partial charge in [-0.15, -0.1) is 0 Å². The van der Waals surface area contributed by atoms with Gasteiger partial charge >= 0.3 is 0 Å². The fraction of sp³-hybridized carbons (Fsp3) is 0.240. The molecule has 0 heterocycles. The molecule has 0 saturated heterocycles. The minimum atomic E-state index is -3.81. The van der Waals surface area contributed by atoms with Crippen LogP contribution in [-0.2, 0) is 21.2 Å². The van der Waals surface area contributed by atoms with Gasteiger partial charge in [-0.05, 0) is 78.3 Å². The third-order valence-corrected chi connectivity index (χ3v) is 7.75. The van der Waals surface area contributed by atoms with Crippen molar-refractivity contribution in [2.24, 2.45) is 0 Å². The molecule has 0 unspecified atom stereocenters. The number of benzene rings is 3. The molecule has 1 amide bonds. The first kappa shape index (κ1) is 22.6. The van der Waals surface area contributed by atoms with Gasteiger partial charge in [0.1, 0.15) is 6.04 Å². The minimum Gasteiger partial charge on any atom is -0.325 e. The number of thioether (sulfide) groups is 1. The molecule has 0 spiro atoms. The molecule has 5 nitrogen and oxygen atoms in total. The van der Waals surface area contributed by atoms with Crippen LogP contribution in [0.4, 0.5) is 5.69 Å². The van der Waals surface area contributed by atoms with Crippen molar-refractivity contribution in [1.29, 1.82) is 0 Å². The smallest absolute Gasteiger partial charge is 0.242 e. The van der Waals surface area contributed by atoms with Crippen LogP contribution >= 0.6 is 11.8 Å². The van der Waals surface area contributed by atoms with Gasteiger partial charge in [-0.1, -0.05) is 48.0 Å². The van der Waals surface area contributed by atoms with Crippen LogP contribution in [0.1, 0.15) is 23.1 Å². The number of sulfonamides is 1. The lowest BCUT2D eigenvalue weighted by Crippen LogP contribution is -2.44. The molecule has 3 aromatic carbocycles. The summed E-state index contributed by atoms with van der Waals surface area (Å²) in [4.78, 5) is 13.2. The third kappa shape index (κ3) is 4.90. The molecule has 32 heavy (non-hydrogen) atoms. The molecule has 0 aliphatic heterocycles. The fourth-order valence-electron chi connectivity index (χ4n) is 3.88. The molecule has 2 N–H and O–H groups in total. The van der Waals surface area contributed by atoms with Crippen molar-refractivity contribution in [3.8, 4) is 11.1 Å². The van der Waals surface area contributed by atoms with Crippen molar-refractivity contribution in [3.63, 3.8) is 0 Å². The summed E-state index contributed by atoms with van der Waals surface area (Å²) in [7, 11) is -3.81. The van der Waals surface area contributed by atoms with Gasteiger partial charge < -0.3 is 5.32 Å². The minimum absolute atomic E-state index is 0.152. The number of rotatable bonds is 8. The van der Waals surface area contributed by atoms with E-state index in [2.05, 4.69) is 22.2 Å². The zero-order valence-electron chi connectivity index (χ0n) is 18.1. The van der Waals surface area contributed by atoms with E-state index in [9.17, 15) is 13.2 Å². The Balaban J connectivity index is 1.54. The number of hydrogen-bond donors (Lipinski definition) is 2. The molecule has 0 aromatic heterocycles. The Hall–Kier alpha value is -2.61. The molecule has 4 rings (SSSR count). The van der Waals surface area contributed by atoms with E-state index < -0.39 is 16.1 Å². The monoisotopic (exact) mass is 466 g/mol. The number of anilines is 1. The van der Waals surface area contributed by atoms with E-state index >= 15 is 0 Å². The molecule has 166 valence electrons. The average molecular weight is 467 g/mol. The first-order valence-electron chi connectivity index (χ1n) is 10.5. The lowest BCUT2D eigenvalue weighted by molar-refractivity contribution is -0.117. The van der Waals surface area contributed by atoms with E-state index in [1.807, 2.05) is 43.5 Å². The summed E-state index contributed by atoms with van der Waals surface area (Å²) in [5, 5.41) is 2.92. The number of aryl methyl sites for hydroxylation is 1. The standard InChI is InChI=1S/C25H26N2O3S2/c1-17-7-11-21(12-8-17)32(29,30)27-24(13-14-31-2)25(28)26-20-10-9-19-15-18-5-3-4-6-22(18)23(19)16-20/h3-12,16,24,27H,13-15H2,1-2H3,(H,26,28)/t24-/m0/s1. The quantitative estimate of drug-likeness (QED) is 0.398. The number of hydrogen-bond acceptors (Lipinski definition) is 4. The van der Waals surface area contributed by atoms with Crippen LogP contribution in [0.5, 0.6) is 0 Å². The zero-order chi connectivity index (χ0) is 22.7. The van der Waals surface area contributed by atoms with Gasteiger partial charge in [0.2, 0.25) is 15.9 Å². The van der Waals surface area contributed by atoms with Crippen molar-refractivity contribution < 1.29 is 13.2 Å². The second-order valence-corrected chi connectivity index (χ2v) is 10.7. The molecule has 3 aromatic rings. The Morgan fingerprint density at radius 2 is 1.72 bits per heavy atom. The first-order chi connectivity index (χ1) is 15.4. The topological polar surface area (TPSA) is 75.3 Å². The molecular formula is C25H26N2O3S2. The van der Waals surface area contributed by atoms with E-state index in [-0.39, 0.29) is 10.8 Å². The Morgan fingerprint density at radius 1 is 1.00 bits per heavy atom. The summed E-state index contributed by atoms with van der Waals surface area (Å²) in [6.07, 6.45) is 3.21. The highest BCUT2D eigenvalue weighted by Gasteiger charge is 2.26. The van der Waals surface area contributed by atoms with Crippen molar-refractivity contribution in [3.05, 3.63) is 83.4 Å². The highest BCUT2D eigenvalue weighted by molar-refractivity contribution is 7.98. The molecule has 1 aliphatic rings. The first-order valence-corrected chi connectivity index (χ1v) is 13.3. The predicted molar refractivity (Wildman–Crippen MR) is 132 cm³/mol. The van der Waals surface area contributed by atoms with Crippen molar-refractivity contribution >= 4 is 33.4 Å². The Kier molecular flexibility index (Phi) is 6.69. The highest BCUT2D eigenvalue weighted by atomic mass is 32.2. The van der Waals surface area contributed by atoms with Gasteiger partial charge in [0.15, 0.2) is 0 Å². The maximum atomic E-state index is 13.1. The van der Waals surface area contributed by atoms with Crippen LogP contribution < -0.4 is 10.0 Å². The van der Waals surface area contributed by atoms with E-state index in [4.69, 9.17) is 0 Å². The predicted octanol–water partition coefficient (Wildman–Crippen LogP) is 4.60. The van der Waals surface area contributed by atoms with Crippen LogP contribution in [0.2, 0.25) is 0 Å². The van der Waals surface area contributed by atoms with E-state index in [1.54, 1.807) is 36.0 Å². The zero-order valence-corrected chi connectivity index (χ0v) is 19.7. The van der Waals surface area contributed by atoms with Gasteiger partial charge in [0.25, 0.3) is 0 Å². The summed E-state index contributed by atoms with van der Waals surface area (Å²) in [6.45, 7) is 1.90. The SMILES string of the molecule is CSCC[C@H](NS(=O)(=O)c1ccc(C)cc1)C(=O)Nc1ccc2c(c1)-c1ccccc1C2. The van der Waals surface area contributed by atoms with E-state index in [1.165, 1.54) is 16.7 Å². The number of carbonyl (C=O) groups is 1. The number of carbonyl (C=O) groups excluding carboxylic acids is 1. The second kappa shape index (κ2) is 9.48. The van der Waals surface area contributed by atoms with Crippen LogP contribution in [0.3, 0.4) is 0 Å². The molecule has 0 radical (unpaired) electrons. The summed E-state index contributed by atoms with van der Waals surface area (Å²) in [6, 6.07) is 19.9. The molecule has 0 fully saturated rings. The number of nitrogens with one attached hydrogen (secondary N) is 2. The highest BCUT2D eigenvalue weighted by Crippen LogP contribution is 2.37. The van der Waals surface area contributed by atoms with Crippen LogP contribution in [0, 0.1) is 6.92 Å². The molecular weight excluding hydrogens is 440 g/mol. The molecule has 1 atom stereocenters. The van der Waals surface area contributed by atoms with Crippen LogP contribution in [0.15, 0.2) is 71.6 Å². The average Bonchev–Trinajstić information content (AvgIpc) is 3.15. The number of amides is 1. The second-order valence-electron chi connectivity index (χ2n) is 7.96. The Labute approximate surface area is 193 Å². The Bertz CT molecular complexity index is 1240. The van der Waals surface area contributed by atoms with Gasteiger partial charge in [0, 0.05) is 5.69 Å². The lowest BCUT2D eigenvalue weighted by Gasteiger charge is -2.19. The van der Waals surface area contributed by atoms with Gasteiger partial charge in [0.05, 0.1) is 4.90 Å². The molecule has 0 bridgehead atoms. The fourth-order valence-corrected chi connectivity index (χ4v) is 5.58. The maximum Gasteiger partial charge on any atom is 0.242 e. The molecule has 1 aliphatic carbocycles. The van der Waals surface area contributed by atoms with Gasteiger partial charge in [-0.25, -0.2) is 8.42 Å². The van der Waals surface area contributed by atoms with Crippen molar-refractivity contribution in [2.75, 3.05) is 17.3 Å². The molecule has 0 saturated carbocycles. The van der Waals surface area contributed by atoms with E-state index in [0.717, 1.165) is 17.5 Å². The maximum absolute atomic E-state index is 13.1. The van der Waals surface area contributed by atoms with Gasteiger partial charge in [-0.2, -0.15) is 16.5 Å². The number of fused-ring (bicyclic) bond motifs is 3. The Morgan fingerprint density at radius 3 is 2.47 bits per heavy atom. The van der Waals surface area contributed by atoms with E-state index in [0.29, 0.717) is 17.9 Å². The molecule has 7 heteroatoms. The normalized spacial score (nSPS) is 13.3. The van der Waals surface area contributed by atoms with Crippen molar-refractivity contribution in [2.45, 2.75) is 30.7 Å². The summed E-state index contributed by atoms with van der Waals surface area (Å²) in [5.41, 5.74) is 6.42.